The summed E-state index contributed by atoms with van der Waals surface area (Å²) in [6, 6.07) is 7.72. The Morgan fingerprint density at radius 1 is 1.30 bits per heavy atom. The topological polar surface area (TPSA) is 49.4 Å². The molecule has 0 aromatic heterocycles. The molecular weight excluding hydrogens is 276 g/mol. The zero-order valence-corrected chi connectivity index (χ0v) is 12.3. The number of hydrogen-bond donors (Lipinski definition) is 1. The van der Waals surface area contributed by atoms with Crippen molar-refractivity contribution in [2.45, 2.75) is 38.8 Å². The van der Waals surface area contributed by atoms with E-state index < -0.39 is 0 Å². The number of rotatable bonds is 6. The molecule has 0 heterocycles. The average Bonchev–Trinajstić information content (AvgIpc) is 3.22. The van der Waals surface area contributed by atoms with E-state index in [0.29, 0.717) is 30.6 Å². The number of amides is 2. The minimum Gasteiger partial charge on any atom is -0.352 e. The maximum absolute atomic E-state index is 11.8. The average molecular weight is 295 g/mol. The Kier molecular flexibility index (Phi) is 5.01. The van der Waals surface area contributed by atoms with E-state index in [1.165, 1.54) is 0 Å². The Bertz CT molecular complexity index is 483. The first-order valence-corrected chi connectivity index (χ1v) is 7.22. The molecule has 4 nitrogen and oxygen atoms in total. The molecule has 20 heavy (non-hydrogen) atoms. The van der Waals surface area contributed by atoms with E-state index >= 15 is 0 Å². The number of benzene rings is 1. The molecule has 1 aromatic rings. The lowest BCUT2D eigenvalue weighted by Gasteiger charge is -2.20. The van der Waals surface area contributed by atoms with Gasteiger partial charge in [0.2, 0.25) is 11.8 Å². The predicted octanol–water partition coefficient (Wildman–Crippen LogP) is 2.36. The molecule has 0 bridgehead atoms. The van der Waals surface area contributed by atoms with Crippen LogP contribution in [-0.2, 0) is 16.1 Å². The first-order chi connectivity index (χ1) is 9.56. The summed E-state index contributed by atoms with van der Waals surface area (Å²) >= 11 is 5.80. The molecule has 0 atom stereocenters. The van der Waals surface area contributed by atoms with Crippen LogP contribution in [0.1, 0.15) is 31.7 Å². The highest BCUT2D eigenvalue weighted by molar-refractivity contribution is 6.30. The molecule has 1 saturated carbocycles. The molecule has 1 aliphatic rings. The molecule has 2 rings (SSSR count). The third kappa shape index (κ3) is 4.53. The van der Waals surface area contributed by atoms with Gasteiger partial charge in [-0.05, 0) is 30.5 Å². The van der Waals surface area contributed by atoms with E-state index in [1.54, 1.807) is 24.0 Å². The van der Waals surface area contributed by atoms with Gasteiger partial charge in [-0.25, -0.2) is 0 Å². The van der Waals surface area contributed by atoms with Crippen LogP contribution in [-0.4, -0.2) is 29.3 Å². The maximum atomic E-state index is 11.8. The lowest BCUT2D eigenvalue weighted by Crippen LogP contribution is -2.35. The molecule has 108 valence electrons. The van der Waals surface area contributed by atoms with Gasteiger partial charge in [-0.1, -0.05) is 23.7 Å². The van der Waals surface area contributed by atoms with Crippen LogP contribution in [0.3, 0.4) is 0 Å². The maximum Gasteiger partial charge on any atom is 0.222 e. The third-order valence-electron chi connectivity index (χ3n) is 3.37. The second-order valence-electron chi connectivity index (χ2n) is 5.10. The van der Waals surface area contributed by atoms with Crippen LogP contribution in [0.4, 0.5) is 0 Å². The summed E-state index contributed by atoms with van der Waals surface area (Å²) in [6.45, 7) is 2.55. The van der Waals surface area contributed by atoms with Crippen molar-refractivity contribution in [1.82, 2.24) is 10.2 Å². The van der Waals surface area contributed by atoms with Gasteiger partial charge in [0.05, 0.1) is 0 Å². The molecule has 2 amide bonds. The summed E-state index contributed by atoms with van der Waals surface area (Å²) in [5.74, 6) is 0.0184. The van der Waals surface area contributed by atoms with Gasteiger partial charge in [0.25, 0.3) is 0 Å². The van der Waals surface area contributed by atoms with E-state index in [0.717, 1.165) is 18.4 Å². The fourth-order valence-electron chi connectivity index (χ4n) is 2.10. The van der Waals surface area contributed by atoms with Crippen LogP contribution in [0.2, 0.25) is 5.02 Å². The van der Waals surface area contributed by atoms with Crippen molar-refractivity contribution < 1.29 is 9.59 Å². The second-order valence-corrected chi connectivity index (χ2v) is 5.53. The number of hydrogen-bond acceptors (Lipinski definition) is 2. The van der Waals surface area contributed by atoms with Crippen molar-refractivity contribution in [3.8, 4) is 0 Å². The van der Waals surface area contributed by atoms with Gasteiger partial charge in [-0.3, -0.25) is 9.59 Å². The van der Waals surface area contributed by atoms with Crippen molar-refractivity contribution in [1.29, 1.82) is 0 Å². The van der Waals surface area contributed by atoms with Crippen LogP contribution in [0.25, 0.3) is 0 Å². The van der Waals surface area contributed by atoms with Crippen molar-refractivity contribution in [2.75, 3.05) is 6.54 Å². The zero-order valence-electron chi connectivity index (χ0n) is 11.6. The van der Waals surface area contributed by atoms with E-state index in [9.17, 15) is 9.59 Å². The van der Waals surface area contributed by atoms with Gasteiger partial charge in [0, 0.05) is 37.5 Å². The normalized spacial score (nSPS) is 13.9. The number of nitrogens with one attached hydrogen (secondary N) is 1. The summed E-state index contributed by atoms with van der Waals surface area (Å²) in [7, 11) is 0. The van der Waals surface area contributed by atoms with Crippen LogP contribution in [0.15, 0.2) is 24.3 Å². The lowest BCUT2D eigenvalue weighted by molar-refractivity contribution is -0.130. The molecule has 0 radical (unpaired) electrons. The Balaban J connectivity index is 1.72. The van der Waals surface area contributed by atoms with Gasteiger partial charge in [-0.15, -0.1) is 0 Å². The molecule has 1 aliphatic carbocycles. The van der Waals surface area contributed by atoms with Gasteiger partial charge >= 0.3 is 0 Å². The molecular formula is C15H19ClN2O2. The van der Waals surface area contributed by atoms with Crippen molar-refractivity contribution in [3.63, 3.8) is 0 Å². The molecule has 1 fully saturated rings. The second kappa shape index (κ2) is 6.75. The highest BCUT2D eigenvalue weighted by atomic mass is 35.5. The number of halogens is 1. The molecule has 0 aliphatic heterocycles. The van der Waals surface area contributed by atoms with Crippen LogP contribution in [0, 0.1) is 0 Å². The summed E-state index contributed by atoms with van der Waals surface area (Å²) in [5, 5.41) is 3.53. The first-order valence-electron chi connectivity index (χ1n) is 6.84. The summed E-state index contributed by atoms with van der Waals surface area (Å²) in [4.78, 5) is 25.0. The van der Waals surface area contributed by atoms with Gasteiger partial charge < -0.3 is 10.2 Å². The highest BCUT2D eigenvalue weighted by Crippen LogP contribution is 2.26. The lowest BCUT2D eigenvalue weighted by atomic mass is 10.2. The number of nitrogens with zero attached hydrogens (tertiary/aromatic N) is 1. The van der Waals surface area contributed by atoms with Crippen LogP contribution in [0.5, 0.6) is 0 Å². The third-order valence-corrected chi connectivity index (χ3v) is 3.63. The van der Waals surface area contributed by atoms with E-state index in [4.69, 9.17) is 11.6 Å². The summed E-state index contributed by atoms with van der Waals surface area (Å²) in [6.07, 6.45) is 2.47. The van der Waals surface area contributed by atoms with Crippen molar-refractivity contribution in [3.05, 3.63) is 34.9 Å². The number of carbonyl (C=O) groups excluding carboxylic acids is 2. The largest absolute Gasteiger partial charge is 0.352 e. The van der Waals surface area contributed by atoms with Crippen molar-refractivity contribution in [2.24, 2.45) is 0 Å². The molecule has 5 heteroatoms. The highest BCUT2D eigenvalue weighted by Gasteiger charge is 2.30. The van der Waals surface area contributed by atoms with E-state index in [1.807, 2.05) is 12.1 Å². The Labute approximate surface area is 124 Å². The zero-order chi connectivity index (χ0) is 14.5. The fourth-order valence-corrected chi connectivity index (χ4v) is 2.22. The van der Waals surface area contributed by atoms with E-state index in [-0.39, 0.29) is 11.8 Å². The molecule has 1 N–H and O–H groups in total. The minimum absolute atomic E-state index is 0.0353. The quantitative estimate of drug-likeness (QED) is 0.875. The van der Waals surface area contributed by atoms with Gasteiger partial charge in [0.1, 0.15) is 0 Å². The molecule has 0 spiro atoms. The first kappa shape index (κ1) is 14.9. The van der Waals surface area contributed by atoms with Crippen LogP contribution < -0.4 is 5.32 Å². The van der Waals surface area contributed by atoms with Gasteiger partial charge in [-0.2, -0.15) is 0 Å². The molecule has 1 aromatic carbocycles. The van der Waals surface area contributed by atoms with E-state index in [2.05, 4.69) is 5.32 Å². The number of carbonyl (C=O) groups is 2. The Morgan fingerprint density at radius 3 is 2.50 bits per heavy atom. The SMILES string of the molecule is CC(=O)N(CCC(=O)NCc1ccc(Cl)cc1)C1CC1. The molecule has 0 saturated heterocycles. The Morgan fingerprint density at radius 2 is 1.95 bits per heavy atom. The predicted molar refractivity (Wildman–Crippen MR) is 78.3 cm³/mol. The van der Waals surface area contributed by atoms with Crippen molar-refractivity contribution >= 4 is 23.4 Å². The standard InChI is InChI=1S/C15H19ClN2O2/c1-11(19)18(14-6-7-14)9-8-15(20)17-10-12-2-4-13(16)5-3-12/h2-5,14H,6-10H2,1H3,(H,17,20). The Hall–Kier alpha value is -1.55. The summed E-state index contributed by atoms with van der Waals surface area (Å²) in [5.41, 5.74) is 1.01. The summed E-state index contributed by atoms with van der Waals surface area (Å²) < 4.78 is 0. The fraction of sp³-hybridized carbons (Fsp3) is 0.467. The minimum atomic E-state index is -0.0353. The monoisotopic (exact) mass is 294 g/mol. The van der Waals surface area contributed by atoms with Crippen LogP contribution >= 0.6 is 11.6 Å². The van der Waals surface area contributed by atoms with Gasteiger partial charge in [0.15, 0.2) is 0 Å². The molecule has 0 unspecified atom stereocenters. The smallest absolute Gasteiger partial charge is 0.222 e.